The van der Waals surface area contributed by atoms with Gasteiger partial charge in [0.25, 0.3) is 0 Å². The Kier molecular flexibility index (Phi) is 10.9. The maximum atomic E-state index is 13.8. The van der Waals surface area contributed by atoms with Gasteiger partial charge in [0.15, 0.2) is 0 Å². The van der Waals surface area contributed by atoms with Crippen LogP contribution in [0.2, 0.25) is 5.02 Å². The predicted molar refractivity (Wildman–Crippen MR) is 162 cm³/mol. The van der Waals surface area contributed by atoms with Gasteiger partial charge in [-0.25, -0.2) is 12.8 Å². The molecule has 0 aliphatic carbocycles. The van der Waals surface area contributed by atoms with Gasteiger partial charge in [-0.2, -0.15) is 0 Å². The minimum absolute atomic E-state index is 0.0120. The molecule has 10 heteroatoms. The average Bonchev–Trinajstić information content (AvgIpc) is 2.88. The summed E-state index contributed by atoms with van der Waals surface area (Å²) in [5.41, 5.74) is 1.44. The summed E-state index contributed by atoms with van der Waals surface area (Å²) in [7, 11) is -3.69. The third-order valence-corrected chi connectivity index (χ3v) is 7.71. The van der Waals surface area contributed by atoms with Crippen LogP contribution < -0.4 is 9.62 Å². The molecule has 2 amide bonds. The highest BCUT2D eigenvalue weighted by Gasteiger charge is 2.32. The minimum Gasteiger partial charge on any atom is -0.350 e. The normalized spacial score (nSPS) is 12.4. The SMILES string of the molecule is CC(C)(C)NC(=O)[C@@H](Cc1ccccc1)N(Cc1cccc(Cl)c1)C(=O)CCCN(c1ccc(F)cc1)S(C)(=O)=O. The smallest absolute Gasteiger partial charge is 0.243 e. The molecule has 1 N–H and O–H groups in total. The number of hydrogen-bond acceptors (Lipinski definition) is 4. The summed E-state index contributed by atoms with van der Waals surface area (Å²) in [5, 5.41) is 3.53. The zero-order chi connectivity index (χ0) is 30.2. The van der Waals surface area contributed by atoms with E-state index in [0.29, 0.717) is 17.1 Å². The number of benzene rings is 3. The summed E-state index contributed by atoms with van der Waals surface area (Å²) < 4.78 is 39.6. The van der Waals surface area contributed by atoms with Crippen LogP contribution in [0.3, 0.4) is 0 Å². The fourth-order valence-electron chi connectivity index (χ4n) is 4.45. The van der Waals surface area contributed by atoms with Crippen LogP contribution in [-0.4, -0.2) is 49.5 Å². The number of carbonyl (C=O) groups excluding carboxylic acids is 2. The second-order valence-electron chi connectivity index (χ2n) is 11.0. The van der Waals surface area contributed by atoms with Gasteiger partial charge in [0, 0.05) is 36.5 Å². The number of nitrogens with zero attached hydrogens (tertiary/aromatic N) is 2. The molecular weight excluding hydrogens is 565 g/mol. The van der Waals surface area contributed by atoms with Crippen LogP contribution in [0.4, 0.5) is 10.1 Å². The van der Waals surface area contributed by atoms with E-state index in [2.05, 4.69) is 5.32 Å². The summed E-state index contributed by atoms with van der Waals surface area (Å²) in [4.78, 5) is 29.0. The van der Waals surface area contributed by atoms with Crippen molar-refractivity contribution < 1.29 is 22.4 Å². The van der Waals surface area contributed by atoms with Crippen LogP contribution in [0.5, 0.6) is 0 Å². The van der Waals surface area contributed by atoms with Crippen molar-refractivity contribution in [1.29, 1.82) is 0 Å². The van der Waals surface area contributed by atoms with Crippen molar-refractivity contribution in [2.24, 2.45) is 0 Å². The van der Waals surface area contributed by atoms with Gasteiger partial charge < -0.3 is 10.2 Å². The highest BCUT2D eigenvalue weighted by atomic mass is 35.5. The van der Waals surface area contributed by atoms with Gasteiger partial charge in [0.1, 0.15) is 11.9 Å². The standard InChI is InChI=1S/C31H37ClFN3O4S/c1-31(2,3)34-30(38)28(21-23-10-6-5-7-11-23)35(22-24-12-8-13-25(32)20-24)29(37)14-9-19-36(41(4,39)40)27-17-15-26(33)16-18-27/h5-8,10-13,15-18,20,28H,9,14,19,21-22H2,1-4H3,(H,34,38)/t28-/m1/s1. The average molecular weight is 602 g/mol. The second-order valence-corrected chi connectivity index (χ2v) is 13.4. The zero-order valence-corrected chi connectivity index (χ0v) is 25.4. The van der Waals surface area contributed by atoms with Crippen LogP contribution in [0.1, 0.15) is 44.7 Å². The van der Waals surface area contributed by atoms with Gasteiger partial charge in [-0.15, -0.1) is 0 Å². The molecular formula is C31H37ClFN3O4S. The van der Waals surface area contributed by atoms with Crippen molar-refractivity contribution in [1.82, 2.24) is 10.2 Å². The van der Waals surface area contributed by atoms with E-state index in [1.807, 2.05) is 57.2 Å². The van der Waals surface area contributed by atoms with Crippen molar-refractivity contribution in [3.8, 4) is 0 Å². The number of nitrogens with one attached hydrogen (secondary N) is 1. The molecule has 220 valence electrons. The highest BCUT2D eigenvalue weighted by molar-refractivity contribution is 7.92. The molecule has 0 saturated carbocycles. The summed E-state index contributed by atoms with van der Waals surface area (Å²) in [6.45, 7) is 5.79. The van der Waals surface area contributed by atoms with Crippen LogP contribution >= 0.6 is 11.6 Å². The summed E-state index contributed by atoms with van der Waals surface area (Å²) in [6, 6.07) is 20.9. The van der Waals surface area contributed by atoms with Crippen molar-refractivity contribution in [3.63, 3.8) is 0 Å². The maximum Gasteiger partial charge on any atom is 0.243 e. The maximum absolute atomic E-state index is 13.8. The molecule has 0 aliphatic heterocycles. The van der Waals surface area contributed by atoms with Crippen LogP contribution in [0, 0.1) is 5.82 Å². The minimum atomic E-state index is -3.69. The molecule has 3 aromatic carbocycles. The fourth-order valence-corrected chi connectivity index (χ4v) is 5.63. The fraction of sp³-hybridized carbons (Fsp3) is 0.355. The molecule has 1 atom stereocenters. The van der Waals surface area contributed by atoms with Crippen molar-refractivity contribution in [2.45, 2.75) is 58.2 Å². The Morgan fingerprint density at radius 1 is 0.951 bits per heavy atom. The lowest BCUT2D eigenvalue weighted by molar-refractivity contribution is -0.142. The lowest BCUT2D eigenvalue weighted by atomic mass is 10.00. The number of sulfonamides is 1. The van der Waals surface area contributed by atoms with Crippen LogP contribution in [-0.2, 0) is 32.6 Å². The Hall–Kier alpha value is -3.43. The van der Waals surface area contributed by atoms with E-state index < -0.39 is 27.4 Å². The monoisotopic (exact) mass is 601 g/mol. The number of carbonyl (C=O) groups is 2. The van der Waals surface area contributed by atoms with E-state index in [1.54, 1.807) is 23.1 Å². The van der Waals surface area contributed by atoms with Crippen LogP contribution in [0.15, 0.2) is 78.9 Å². The molecule has 0 fully saturated rings. The van der Waals surface area contributed by atoms with E-state index in [-0.39, 0.29) is 37.7 Å². The first kappa shape index (κ1) is 32.1. The Labute approximate surface area is 247 Å². The third kappa shape index (κ3) is 10.2. The quantitative estimate of drug-likeness (QED) is 0.294. The van der Waals surface area contributed by atoms with Crippen molar-refractivity contribution >= 4 is 39.1 Å². The largest absolute Gasteiger partial charge is 0.350 e. The molecule has 41 heavy (non-hydrogen) atoms. The number of rotatable bonds is 12. The number of amides is 2. The number of anilines is 1. The first-order valence-electron chi connectivity index (χ1n) is 13.4. The van der Waals surface area contributed by atoms with E-state index in [9.17, 15) is 22.4 Å². The van der Waals surface area contributed by atoms with Gasteiger partial charge in [0.2, 0.25) is 21.8 Å². The van der Waals surface area contributed by atoms with Crippen LogP contribution in [0.25, 0.3) is 0 Å². The van der Waals surface area contributed by atoms with E-state index >= 15 is 0 Å². The molecule has 7 nitrogen and oxygen atoms in total. The molecule has 0 heterocycles. The van der Waals surface area contributed by atoms with E-state index in [1.165, 1.54) is 24.3 Å². The van der Waals surface area contributed by atoms with Crippen molar-refractivity contribution in [2.75, 3.05) is 17.1 Å². The topological polar surface area (TPSA) is 86.8 Å². The predicted octanol–water partition coefficient (Wildman–Crippen LogP) is 5.58. The molecule has 3 rings (SSSR count). The third-order valence-electron chi connectivity index (χ3n) is 6.28. The Balaban J connectivity index is 1.90. The summed E-state index contributed by atoms with van der Waals surface area (Å²) >= 11 is 6.23. The second kappa shape index (κ2) is 14.0. The lowest BCUT2D eigenvalue weighted by Crippen LogP contribution is -2.54. The van der Waals surface area contributed by atoms with Gasteiger partial charge >= 0.3 is 0 Å². The Morgan fingerprint density at radius 3 is 2.17 bits per heavy atom. The highest BCUT2D eigenvalue weighted by Crippen LogP contribution is 2.22. The summed E-state index contributed by atoms with van der Waals surface area (Å²) in [5.74, 6) is -1.07. The molecule has 0 bridgehead atoms. The van der Waals surface area contributed by atoms with Gasteiger partial charge in [-0.05, 0) is 74.7 Å². The molecule has 0 saturated heterocycles. The molecule has 0 radical (unpaired) electrons. The van der Waals surface area contributed by atoms with E-state index in [4.69, 9.17) is 11.6 Å². The molecule has 0 aromatic heterocycles. The molecule has 0 spiro atoms. The molecule has 0 unspecified atom stereocenters. The van der Waals surface area contributed by atoms with Gasteiger partial charge in [-0.1, -0.05) is 54.1 Å². The Morgan fingerprint density at radius 2 is 1.59 bits per heavy atom. The van der Waals surface area contributed by atoms with Crippen molar-refractivity contribution in [3.05, 3.63) is 101 Å². The lowest BCUT2D eigenvalue weighted by Gasteiger charge is -2.34. The first-order chi connectivity index (χ1) is 19.2. The number of hydrogen-bond donors (Lipinski definition) is 1. The summed E-state index contributed by atoms with van der Waals surface area (Å²) in [6.07, 6.45) is 1.53. The molecule has 3 aromatic rings. The van der Waals surface area contributed by atoms with Gasteiger partial charge in [-0.3, -0.25) is 13.9 Å². The zero-order valence-electron chi connectivity index (χ0n) is 23.8. The first-order valence-corrected chi connectivity index (χ1v) is 15.6. The Bertz CT molecular complexity index is 1430. The number of halogens is 2. The molecule has 0 aliphatic rings. The van der Waals surface area contributed by atoms with E-state index in [0.717, 1.165) is 21.7 Å². The van der Waals surface area contributed by atoms with Gasteiger partial charge in [0.05, 0.1) is 11.9 Å².